The molecule has 8 N–H and O–H groups in total. The topological polar surface area (TPSA) is 208 Å². The quantitative estimate of drug-likeness (QED) is 0.145. The van der Waals surface area contributed by atoms with Crippen molar-refractivity contribution in [3.05, 3.63) is 0 Å². The predicted molar refractivity (Wildman–Crippen MR) is 118 cm³/mol. The number of carboxylic acid groups (broad SMARTS) is 2. The van der Waals surface area contributed by atoms with E-state index in [4.69, 9.17) is 10.8 Å². The molecule has 12 nitrogen and oxygen atoms in total. The number of aliphatic carboxylic acids is 2. The summed E-state index contributed by atoms with van der Waals surface area (Å²) in [6.45, 7) is 4.81. The van der Waals surface area contributed by atoms with Crippen LogP contribution >= 0.6 is 11.8 Å². The van der Waals surface area contributed by atoms with E-state index < -0.39 is 66.4 Å². The first-order valence-corrected chi connectivity index (χ1v) is 11.5. The monoisotopic (exact) mass is 478 g/mol. The van der Waals surface area contributed by atoms with Gasteiger partial charge in [0.05, 0.1) is 18.6 Å². The molecule has 0 aliphatic rings. The molecule has 0 spiro atoms. The fraction of sp³-hybridized carbons (Fsp3) is 0.737. The molecule has 32 heavy (non-hydrogen) atoms. The first-order chi connectivity index (χ1) is 14.8. The second-order valence-electron chi connectivity index (χ2n) is 7.80. The van der Waals surface area contributed by atoms with E-state index in [2.05, 4.69) is 16.0 Å². The minimum atomic E-state index is -1.47. The zero-order chi connectivity index (χ0) is 25.0. The lowest BCUT2D eigenvalue weighted by Crippen LogP contribution is -2.60. The average Bonchev–Trinajstić information content (AvgIpc) is 2.66. The number of carbonyl (C=O) groups excluding carboxylic acids is 3. The van der Waals surface area contributed by atoms with Crippen molar-refractivity contribution in [3.8, 4) is 0 Å². The molecule has 0 heterocycles. The van der Waals surface area contributed by atoms with Gasteiger partial charge in [0.25, 0.3) is 0 Å². The number of amides is 3. The van der Waals surface area contributed by atoms with Crippen molar-refractivity contribution in [2.45, 2.75) is 70.3 Å². The molecule has 0 fully saturated rings. The Morgan fingerprint density at radius 3 is 1.91 bits per heavy atom. The first-order valence-electron chi connectivity index (χ1n) is 10.1. The van der Waals surface area contributed by atoms with Gasteiger partial charge in [-0.25, -0.2) is 4.79 Å². The van der Waals surface area contributed by atoms with Gasteiger partial charge in [0.1, 0.15) is 18.1 Å². The predicted octanol–water partition coefficient (Wildman–Crippen LogP) is -1.49. The van der Waals surface area contributed by atoms with Crippen LogP contribution in [0.25, 0.3) is 0 Å². The number of nitrogens with one attached hydrogen (secondary N) is 3. The number of aliphatic hydroxyl groups excluding tert-OH is 1. The van der Waals surface area contributed by atoms with E-state index in [1.807, 2.05) is 0 Å². The fourth-order valence-electron chi connectivity index (χ4n) is 2.68. The van der Waals surface area contributed by atoms with Gasteiger partial charge < -0.3 is 37.0 Å². The van der Waals surface area contributed by atoms with E-state index in [1.165, 1.54) is 18.7 Å². The van der Waals surface area contributed by atoms with E-state index in [-0.39, 0.29) is 18.8 Å². The molecule has 3 amide bonds. The Hall–Kier alpha value is -2.38. The van der Waals surface area contributed by atoms with Crippen LogP contribution in [0, 0.1) is 5.92 Å². The highest BCUT2D eigenvalue weighted by atomic mass is 32.2. The third-order valence-corrected chi connectivity index (χ3v) is 5.00. The van der Waals surface area contributed by atoms with Crippen LogP contribution in [0.4, 0.5) is 0 Å². The molecular formula is C19H34N4O8S. The molecule has 0 aliphatic heterocycles. The summed E-state index contributed by atoms with van der Waals surface area (Å²) in [4.78, 5) is 59.6. The van der Waals surface area contributed by atoms with Crippen LogP contribution in [-0.2, 0) is 24.0 Å². The second kappa shape index (κ2) is 14.6. The number of carbonyl (C=O) groups is 5. The minimum Gasteiger partial charge on any atom is -0.481 e. The standard InChI is InChI=1S/C19H34N4O8S/c1-9(2)7-13(19(30)31)22-18(29)15(10(3)24)23-17(28)12(5-6-32-4)21-16(27)11(20)8-14(25)26/h9-13,15,24H,5-8,20H2,1-4H3,(H,21,27)(H,22,29)(H,23,28)(H,25,26)(H,30,31). The molecule has 0 aromatic carbocycles. The van der Waals surface area contributed by atoms with Crippen LogP contribution < -0.4 is 21.7 Å². The number of aliphatic hydroxyl groups is 1. The Bertz CT molecular complexity index is 674. The van der Waals surface area contributed by atoms with Crippen molar-refractivity contribution in [2.24, 2.45) is 11.7 Å². The summed E-state index contributed by atoms with van der Waals surface area (Å²) in [6, 6.07) is -5.20. The van der Waals surface area contributed by atoms with Gasteiger partial charge in [-0.1, -0.05) is 13.8 Å². The van der Waals surface area contributed by atoms with Crippen LogP contribution in [0.2, 0.25) is 0 Å². The molecule has 184 valence electrons. The molecule has 0 radical (unpaired) electrons. The van der Waals surface area contributed by atoms with Crippen molar-refractivity contribution in [1.82, 2.24) is 16.0 Å². The zero-order valence-corrected chi connectivity index (χ0v) is 19.5. The number of thioether (sulfide) groups is 1. The van der Waals surface area contributed by atoms with E-state index in [0.717, 1.165) is 0 Å². The molecule has 0 aromatic rings. The van der Waals surface area contributed by atoms with E-state index in [9.17, 15) is 34.2 Å². The minimum absolute atomic E-state index is 0.0304. The highest BCUT2D eigenvalue weighted by Gasteiger charge is 2.33. The van der Waals surface area contributed by atoms with Crippen molar-refractivity contribution < 1.29 is 39.3 Å². The van der Waals surface area contributed by atoms with Gasteiger partial charge in [-0.2, -0.15) is 11.8 Å². The summed E-state index contributed by atoms with van der Waals surface area (Å²) in [5.74, 6) is -4.65. The largest absolute Gasteiger partial charge is 0.481 e. The molecular weight excluding hydrogens is 444 g/mol. The highest BCUT2D eigenvalue weighted by molar-refractivity contribution is 7.98. The highest BCUT2D eigenvalue weighted by Crippen LogP contribution is 2.07. The summed E-state index contributed by atoms with van der Waals surface area (Å²) in [5, 5.41) is 35.1. The molecule has 5 unspecified atom stereocenters. The molecule has 0 bridgehead atoms. The SMILES string of the molecule is CSCCC(NC(=O)C(N)CC(=O)O)C(=O)NC(C(=O)NC(CC(C)C)C(=O)O)C(C)O. The lowest BCUT2D eigenvalue weighted by Gasteiger charge is -2.26. The summed E-state index contributed by atoms with van der Waals surface area (Å²) in [7, 11) is 0. The number of carboxylic acids is 2. The van der Waals surface area contributed by atoms with E-state index in [0.29, 0.717) is 5.75 Å². The van der Waals surface area contributed by atoms with Gasteiger partial charge in [0.2, 0.25) is 17.7 Å². The normalized spacial score (nSPS) is 15.7. The Labute approximate surface area is 191 Å². The van der Waals surface area contributed by atoms with E-state index >= 15 is 0 Å². The van der Waals surface area contributed by atoms with Crippen molar-refractivity contribution in [3.63, 3.8) is 0 Å². The lowest BCUT2D eigenvalue weighted by atomic mass is 10.0. The zero-order valence-electron chi connectivity index (χ0n) is 18.7. The number of nitrogens with two attached hydrogens (primary N) is 1. The van der Waals surface area contributed by atoms with Crippen LogP contribution in [-0.4, -0.2) is 87.3 Å². The molecule has 13 heteroatoms. The summed E-state index contributed by atoms with van der Waals surface area (Å²) >= 11 is 1.39. The Kier molecular flexibility index (Phi) is 13.5. The Morgan fingerprint density at radius 1 is 0.906 bits per heavy atom. The van der Waals surface area contributed by atoms with Gasteiger partial charge >= 0.3 is 11.9 Å². The molecule has 5 atom stereocenters. The molecule has 0 aromatic heterocycles. The van der Waals surface area contributed by atoms with E-state index in [1.54, 1.807) is 20.1 Å². The van der Waals surface area contributed by atoms with Gasteiger partial charge in [0, 0.05) is 0 Å². The van der Waals surface area contributed by atoms with Gasteiger partial charge in [-0.3, -0.25) is 19.2 Å². The van der Waals surface area contributed by atoms with Crippen LogP contribution in [0.3, 0.4) is 0 Å². The molecule has 0 saturated carbocycles. The van der Waals surface area contributed by atoms with Crippen LogP contribution in [0.15, 0.2) is 0 Å². The number of hydrogen-bond acceptors (Lipinski definition) is 8. The molecule has 0 rings (SSSR count). The van der Waals surface area contributed by atoms with Crippen molar-refractivity contribution in [1.29, 1.82) is 0 Å². The summed E-state index contributed by atoms with van der Waals surface area (Å²) in [5.41, 5.74) is 5.53. The second-order valence-corrected chi connectivity index (χ2v) is 8.79. The maximum Gasteiger partial charge on any atom is 0.326 e. The maximum atomic E-state index is 12.7. The Balaban J connectivity index is 5.38. The number of rotatable bonds is 15. The lowest BCUT2D eigenvalue weighted by molar-refractivity contribution is -0.143. The van der Waals surface area contributed by atoms with Crippen molar-refractivity contribution in [2.75, 3.05) is 12.0 Å². The molecule has 0 saturated heterocycles. The molecule has 0 aliphatic carbocycles. The van der Waals surface area contributed by atoms with Gasteiger partial charge in [-0.15, -0.1) is 0 Å². The summed E-state index contributed by atoms with van der Waals surface area (Å²) in [6.07, 6.45) is 0.0828. The van der Waals surface area contributed by atoms with Crippen molar-refractivity contribution >= 4 is 41.4 Å². The van der Waals surface area contributed by atoms with Crippen LogP contribution in [0.1, 0.15) is 40.0 Å². The average molecular weight is 479 g/mol. The Morgan fingerprint density at radius 2 is 1.47 bits per heavy atom. The van der Waals surface area contributed by atoms with Gasteiger partial charge in [0.15, 0.2) is 0 Å². The summed E-state index contributed by atoms with van der Waals surface area (Å²) < 4.78 is 0. The third kappa shape index (κ3) is 11.3. The maximum absolute atomic E-state index is 12.7. The fourth-order valence-corrected chi connectivity index (χ4v) is 3.15. The smallest absolute Gasteiger partial charge is 0.326 e. The van der Waals surface area contributed by atoms with Gasteiger partial charge in [-0.05, 0) is 37.7 Å². The first kappa shape index (κ1) is 29.6. The van der Waals surface area contributed by atoms with Crippen LogP contribution in [0.5, 0.6) is 0 Å². The number of hydrogen-bond donors (Lipinski definition) is 7. The third-order valence-electron chi connectivity index (χ3n) is 4.36.